The van der Waals surface area contributed by atoms with Crippen LogP contribution in [0.25, 0.3) is 0 Å². The highest BCUT2D eigenvalue weighted by molar-refractivity contribution is 5.90. The molecule has 0 unspecified atom stereocenters. The number of para-hydroxylation sites is 1. The largest absolute Gasteiger partial charge is 0.462 e. The molecule has 0 saturated heterocycles. The first-order valence-corrected chi connectivity index (χ1v) is 7.49. The Balaban J connectivity index is 1.96. The minimum atomic E-state index is -0.374. The lowest BCUT2D eigenvalue weighted by molar-refractivity contribution is 0.0524. The normalized spacial score (nSPS) is 16.5. The van der Waals surface area contributed by atoms with Crippen LogP contribution >= 0.6 is 0 Å². The Bertz CT molecular complexity index is 715. The average Bonchev–Trinajstić information content (AvgIpc) is 2.83. The molecule has 0 bridgehead atoms. The molecule has 1 aliphatic heterocycles. The summed E-state index contributed by atoms with van der Waals surface area (Å²) >= 11 is 0. The van der Waals surface area contributed by atoms with E-state index in [4.69, 9.17) is 4.74 Å². The molecule has 1 atom stereocenters. The fourth-order valence-corrected chi connectivity index (χ4v) is 2.85. The molecular formula is C17H19N3O2. The Morgan fingerprint density at radius 3 is 2.91 bits per heavy atom. The maximum atomic E-state index is 11.8. The zero-order valence-electron chi connectivity index (χ0n) is 13.0. The number of anilines is 2. The quantitative estimate of drug-likeness (QED) is 0.815. The van der Waals surface area contributed by atoms with Gasteiger partial charge >= 0.3 is 5.97 Å². The number of nitrogens with zero attached hydrogens (tertiary/aromatic N) is 3. The maximum absolute atomic E-state index is 11.8. The number of carbonyl (C=O) groups excluding carboxylic acids is 1. The summed E-state index contributed by atoms with van der Waals surface area (Å²) < 4.78 is 5.02. The first-order chi connectivity index (χ1) is 10.6. The number of aryl methyl sites for hydroxylation is 1. The summed E-state index contributed by atoms with van der Waals surface area (Å²) in [5, 5.41) is 0. The van der Waals surface area contributed by atoms with Crippen molar-refractivity contribution in [1.29, 1.82) is 0 Å². The van der Waals surface area contributed by atoms with Gasteiger partial charge in [-0.2, -0.15) is 0 Å². The van der Waals surface area contributed by atoms with Crippen LogP contribution in [0.4, 0.5) is 11.6 Å². The Labute approximate surface area is 130 Å². The van der Waals surface area contributed by atoms with Gasteiger partial charge in [0.05, 0.1) is 17.9 Å². The van der Waals surface area contributed by atoms with Gasteiger partial charge in [-0.25, -0.2) is 14.8 Å². The minimum Gasteiger partial charge on any atom is -0.462 e. The Morgan fingerprint density at radius 1 is 1.41 bits per heavy atom. The summed E-state index contributed by atoms with van der Waals surface area (Å²) in [6, 6.07) is 8.57. The molecule has 0 saturated carbocycles. The standard InChI is InChI=1S/C17H19N3O2/c1-4-22-16(21)14-10-18-17(19-12(14)3)20-11(2)9-13-7-5-6-8-15(13)20/h5-8,10-11H,4,9H2,1-3H3/t11-/m1/s1. The fourth-order valence-electron chi connectivity index (χ4n) is 2.85. The van der Waals surface area contributed by atoms with Crippen LogP contribution in [-0.4, -0.2) is 28.6 Å². The van der Waals surface area contributed by atoms with Gasteiger partial charge in [-0.15, -0.1) is 0 Å². The van der Waals surface area contributed by atoms with E-state index < -0.39 is 0 Å². The van der Waals surface area contributed by atoms with Crippen LogP contribution in [0.1, 0.15) is 35.5 Å². The SMILES string of the molecule is CCOC(=O)c1cnc(N2c3ccccc3C[C@H]2C)nc1C. The fraction of sp³-hybridized carbons (Fsp3) is 0.353. The van der Waals surface area contributed by atoms with Crippen molar-refractivity contribution < 1.29 is 9.53 Å². The van der Waals surface area contributed by atoms with Crippen molar-refractivity contribution >= 4 is 17.6 Å². The molecular weight excluding hydrogens is 278 g/mol. The first-order valence-electron chi connectivity index (χ1n) is 7.49. The lowest BCUT2D eigenvalue weighted by atomic mass is 10.1. The number of ether oxygens (including phenoxy) is 1. The summed E-state index contributed by atoms with van der Waals surface area (Å²) in [6.07, 6.45) is 2.53. The second kappa shape index (κ2) is 5.75. The molecule has 22 heavy (non-hydrogen) atoms. The summed E-state index contributed by atoms with van der Waals surface area (Å²) in [7, 11) is 0. The van der Waals surface area contributed by atoms with Gasteiger partial charge in [0.1, 0.15) is 0 Å². The van der Waals surface area contributed by atoms with Crippen LogP contribution < -0.4 is 4.90 Å². The third-order valence-electron chi connectivity index (χ3n) is 3.88. The third kappa shape index (κ3) is 2.43. The average molecular weight is 297 g/mol. The number of hydrogen-bond acceptors (Lipinski definition) is 5. The van der Waals surface area contributed by atoms with E-state index in [1.54, 1.807) is 13.1 Å². The lowest BCUT2D eigenvalue weighted by Crippen LogP contribution is -2.26. The highest BCUT2D eigenvalue weighted by Gasteiger charge is 2.29. The smallest absolute Gasteiger partial charge is 0.341 e. The summed E-state index contributed by atoms with van der Waals surface area (Å²) in [4.78, 5) is 22.9. The van der Waals surface area contributed by atoms with Crippen LogP contribution in [0.5, 0.6) is 0 Å². The molecule has 0 N–H and O–H groups in total. The molecule has 0 amide bonds. The molecule has 0 aliphatic carbocycles. The van der Waals surface area contributed by atoms with Crippen LogP contribution in [0.15, 0.2) is 30.5 Å². The van der Waals surface area contributed by atoms with E-state index in [0.29, 0.717) is 29.9 Å². The van der Waals surface area contributed by atoms with Gasteiger partial charge in [0.25, 0.3) is 0 Å². The third-order valence-corrected chi connectivity index (χ3v) is 3.88. The lowest BCUT2D eigenvalue weighted by Gasteiger charge is -2.23. The van der Waals surface area contributed by atoms with Crippen molar-refractivity contribution in [2.45, 2.75) is 33.2 Å². The van der Waals surface area contributed by atoms with Crippen molar-refractivity contribution in [2.24, 2.45) is 0 Å². The predicted molar refractivity (Wildman–Crippen MR) is 84.5 cm³/mol. The van der Waals surface area contributed by atoms with E-state index in [1.165, 1.54) is 5.56 Å². The molecule has 114 valence electrons. The molecule has 0 spiro atoms. The van der Waals surface area contributed by atoms with Crippen molar-refractivity contribution in [3.8, 4) is 0 Å². The first kappa shape index (κ1) is 14.5. The van der Waals surface area contributed by atoms with Crippen molar-refractivity contribution in [2.75, 3.05) is 11.5 Å². The number of esters is 1. The number of hydrogen-bond donors (Lipinski definition) is 0. The van der Waals surface area contributed by atoms with E-state index in [2.05, 4.69) is 33.9 Å². The van der Waals surface area contributed by atoms with Gasteiger partial charge in [0, 0.05) is 17.9 Å². The van der Waals surface area contributed by atoms with Crippen molar-refractivity contribution in [3.05, 3.63) is 47.3 Å². The second-order valence-electron chi connectivity index (χ2n) is 5.44. The maximum Gasteiger partial charge on any atom is 0.341 e. The summed E-state index contributed by atoms with van der Waals surface area (Å²) in [6.45, 7) is 6.09. The van der Waals surface area contributed by atoms with Gasteiger partial charge in [0.15, 0.2) is 0 Å². The van der Waals surface area contributed by atoms with E-state index in [0.717, 1.165) is 12.1 Å². The zero-order chi connectivity index (χ0) is 15.7. The Hall–Kier alpha value is -2.43. The Morgan fingerprint density at radius 2 is 2.18 bits per heavy atom. The van der Waals surface area contributed by atoms with E-state index in [1.807, 2.05) is 19.1 Å². The number of benzene rings is 1. The molecule has 1 aliphatic rings. The summed E-state index contributed by atoms with van der Waals surface area (Å²) in [5.41, 5.74) is 3.50. The minimum absolute atomic E-state index is 0.297. The van der Waals surface area contributed by atoms with E-state index >= 15 is 0 Å². The van der Waals surface area contributed by atoms with E-state index in [-0.39, 0.29) is 5.97 Å². The molecule has 2 aromatic rings. The molecule has 1 aromatic heterocycles. The van der Waals surface area contributed by atoms with Gasteiger partial charge in [-0.1, -0.05) is 18.2 Å². The van der Waals surface area contributed by atoms with Crippen molar-refractivity contribution in [3.63, 3.8) is 0 Å². The van der Waals surface area contributed by atoms with Crippen molar-refractivity contribution in [1.82, 2.24) is 9.97 Å². The number of carbonyl (C=O) groups is 1. The molecule has 3 rings (SSSR count). The highest BCUT2D eigenvalue weighted by atomic mass is 16.5. The zero-order valence-corrected chi connectivity index (χ0v) is 13.0. The Kier molecular flexibility index (Phi) is 3.79. The number of aromatic nitrogens is 2. The highest BCUT2D eigenvalue weighted by Crippen LogP contribution is 2.36. The van der Waals surface area contributed by atoms with E-state index in [9.17, 15) is 4.79 Å². The van der Waals surface area contributed by atoms with Gasteiger partial charge < -0.3 is 9.64 Å². The van der Waals surface area contributed by atoms with Gasteiger partial charge in [0.2, 0.25) is 5.95 Å². The molecule has 2 heterocycles. The van der Waals surface area contributed by atoms with Gasteiger partial charge in [-0.3, -0.25) is 0 Å². The second-order valence-corrected chi connectivity index (χ2v) is 5.44. The molecule has 0 radical (unpaired) electrons. The topological polar surface area (TPSA) is 55.3 Å². The number of fused-ring (bicyclic) bond motifs is 1. The van der Waals surface area contributed by atoms with Crippen LogP contribution in [0.2, 0.25) is 0 Å². The molecule has 5 nitrogen and oxygen atoms in total. The number of rotatable bonds is 3. The van der Waals surface area contributed by atoms with Crippen LogP contribution in [0, 0.1) is 6.92 Å². The van der Waals surface area contributed by atoms with Gasteiger partial charge in [-0.05, 0) is 38.8 Å². The molecule has 0 fully saturated rings. The van der Waals surface area contributed by atoms with Crippen LogP contribution in [-0.2, 0) is 11.2 Å². The predicted octanol–water partition coefficient (Wildman–Crippen LogP) is 3.04. The monoisotopic (exact) mass is 297 g/mol. The molecule has 1 aromatic carbocycles. The molecule has 5 heteroatoms. The summed E-state index contributed by atoms with van der Waals surface area (Å²) in [5.74, 6) is 0.254. The van der Waals surface area contributed by atoms with Crippen LogP contribution in [0.3, 0.4) is 0 Å².